The van der Waals surface area contributed by atoms with Gasteiger partial charge in [0.2, 0.25) is 0 Å². The third kappa shape index (κ3) is 1.83. The van der Waals surface area contributed by atoms with E-state index in [0.29, 0.717) is 6.54 Å². The van der Waals surface area contributed by atoms with Gasteiger partial charge in [-0.05, 0) is 18.1 Å². The van der Waals surface area contributed by atoms with E-state index in [9.17, 15) is 4.79 Å². The second-order valence-corrected chi connectivity index (χ2v) is 3.49. The summed E-state index contributed by atoms with van der Waals surface area (Å²) in [5.74, 6) is 1.77. The number of fused-ring (bicyclic) bond motifs is 1. The van der Waals surface area contributed by atoms with Crippen molar-refractivity contribution in [2.75, 3.05) is 6.54 Å². The average molecular weight is 200 g/mol. The molecule has 15 heavy (non-hydrogen) atoms. The lowest BCUT2D eigenvalue weighted by Gasteiger charge is -2.29. The van der Waals surface area contributed by atoms with Crippen LogP contribution >= 0.6 is 0 Å². The number of hydrogen-bond donors (Lipinski definition) is 0. The molecule has 1 aromatic carbocycles. The molecule has 1 aliphatic heterocycles. The maximum Gasteiger partial charge on any atom is 0.121 e. The maximum absolute atomic E-state index is 10.1. The predicted molar refractivity (Wildman–Crippen MR) is 59.4 cm³/mol. The van der Waals surface area contributed by atoms with Crippen molar-refractivity contribution in [3.05, 3.63) is 41.5 Å². The van der Waals surface area contributed by atoms with Crippen LogP contribution in [0.25, 0.3) is 0 Å². The molecule has 0 saturated heterocycles. The van der Waals surface area contributed by atoms with Crippen LogP contribution in [0.1, 0.15) is 24.1 Å². The Kier molecular flexibility index (Phi) is 2.66. The molecule has 0 fully saturated rings. The Morgan fingerprint density at radius 3 is 3.13 bits per heavy atom. The van der Waals surface area contributed by atoms with Crippen LogP contribution in [0, 0.1) is 0 Å². The molecule has 0 saturated carbocycles. The molecule has 0 bridgehead atoms. The number of hydrogen-bond acceptors (Lipinski definition) is 3. The highest BCUT2D eigenvalue weighted by atomic mass is 16.1. The largest absolute Gasteiger partial charge is 0.285 e. The van der Waals surface area contributed by atoms with E-state index < -0.39 is 0 Å². The maximum atomic E-state index is 10.1. The highest BCUT2D eigenvalue weighted by molar-refractivity contribution is 5.82. The van der Waals surface area contributed by atoms with Crippen LogP contribution in [0.5, 0.6) is 0 Å². The summed E-state index contributed by atoms with van der Waals surface area (Å²) in [4.78, 5) is 10.1. The van der Waals surface area contributed by atoms with Gasteiger partial charge in [0.15, 0.2) is 0 Å². The van der Waals surface area contributed by atoms with E-state index in [2.05, 4.69) is 18.1 Å². The lowest BCUT2D eigenvalue weighted by Crippen LogP contribution is -2.26. The van der Waals surface area contributed by atoms with E-state index in [1.807, 2.05) is 29.4 Å². The number of hydrazone groups is 1. The fourth-order valence-electron chi connectivity index (χ4n) is 1.74. The fourth-order valence-corrected chi connectivity index (χ4v) is 1.74. The van der Waals surface area contributed by atoms with Gasteiger partial charge in [0.05, 0.1) is 18.8 Å². The van der Waals surface area contributed by atoms with E-state index in [1.54, 1.807) is 5.94 Å². The molecule has 3 nitrogen and oxygen atoms in total. The van der Waals surface area contributed by atoms with Crippen molar-refractivity contribution in [1.29, 1.82) is 0 Å². The van der Waals surface area contributed by atoms with Gasteiger partial charge < -0.3 is 0 Å². The highest BCUT2D eigenvalue weighted by Crippen LogP contribution is 2.26. The molecule has 0 amide bonds. The summed E-state index contributed by atoms with van der Waals surface area (Å²) < 4.78 is 0. The Morgan fingerprint density at radius 1 is 1.53 bits per heavy atom. The summed E-state index contributed by atoms with van der Waals surface area (Å²) in [5.41, 5.74) is 2.39. The minimum atomic E-state index is 0.204. The number of rotatable bonds is 2. The van der Waals surface area contributed by atoms with Crippen molar-refractivity contribution in [2.45, 2.75) is 13.0 Å². The first-order valence-corrected chi connectivity index (χ1v) is 4.92. The molecular formula is C12H12N2O. The molecule has 0 radical (unpaired) electrons. The van der Waals surface area contributed by atoms with Crippen LogP contribution in [0.2, 0.25) is 0 Å². The minimum absolute atomic E-state index is 0.204. The molecule has 0 spiro atoms. The summed E-state index contributed by atoms with van der Waals surface area (Å²) in [5, 5.41) is 6.16. The van der Waals surface area contributed by atoms with Crippen LogP contribution in [0.4, 0.5) is 0 Å². The van der Waals surface area contributed by atoms with Gasteiger partial charge in [0.25, 0.3) is 0 Å². The number of benzene rings is 1. The van der Waals surface area contributed by atoms with Gasteiger partial charge in [-0.3, -0.25) is 5.01 Å². The number of carbonyl (C=O) groups excluding carboxylic acids is 1. The topological polar surface area (TPSA) is 32.7 Å². The number of nitrogens with zero attached hydrogens (tertiary/aromatic N) is 2. The zero-order chi connectivity index (χ0) is 10.7. The molecule has 1 heterocycles. The van der Waals surface area contributed by atoms with Crippen LogP contribution in [-0.4, -0.2) is 23.7 Å². The molecule has 3 heteroatoms. The van der Waals surface area contributed by atoms with Crippen molar-refractivity contribution in [3.8, 4) is 0 Å². The molecule has 1 aliphatic rings. The zero-order valence-electron chi connectivity index (χ0n) is 8.55. The first kappa shape index (κ1) is 9.69. The summed E-state index contributed by atoms with van der Waals surface area (Å²) in [6.45, 7) is 2.59. The SMILES string of the molecule is C[C@H]1c2ccccc2C=NN1CC=C=O. The Labute approximate surface area is 88.7 Å². The Bertz CT molecular complexity index is 433. The zero-order valence-corrected chi connectivity index (χ0v) is 8.55. The lowest BCUT2D eigenvalue weighted by atomic mass is 10.0. The molecule has 76 valence electrons. The molecule has 1 aromatic rings. The second kappa shape index (κ2) is 4.11. The van der Waals surface area contributed by atoms with E-state index in [1.165, 1.54) is 11.6 Å². The monoisotopic (exact) mass is 200 g/mol. The summed E-state index contributed by atoms with van der Waals surface area (Å²) in [6, 6.07) is 8.35. The summed E-state index contributed by atoms with van der Waals surface area (Å²) in [7, 11) is 0. The van der Waals surface area contributed by atoms with Crippen LogP contribution in [-0.2, 0) is 4.79 Å². The third-order valence-corrected chi connectivity index (χ3v) is 2.60. The van der Waals surface area contributed by atoms with Gasteiger partial charge in [-0.15, -0.1) is 0 Å². The third-order valence-electron chi connectivity index (χ3n) is 2.60. The second-order valence-electron chi connectivity index (χ2n) is 3.49. The first-order valence-electron chi connectivity index (χ1n) is 4.92. The van der Waals surface area contributed by atoms with Crippen molar-refractivity contribution in [3.63, 3.8) is 0 Å². The normalized spacial score (nSPS) is 18.2. The van der Waals surface area contributed by atoms with Gasteiger partial charge in [0, 0.05) is 6.08 Å². The molecular weight excluding hydrogens is 188 g/mol. The van der Waals surface area contributed by atoms with Gasteiger partial charge in [0.1, 0.15) is 5.94 Å². The smallest absolute Gasteiger partial charge is 0.121 e. The molecule has 2 rings (SSSR count). The fraction of sp³-hybridized carbons (Fsp3) is 0.250. The van der Waals surface area contributed by atoms with E-state index in [-0.39, 0.29) is 6.04 Å². The molecule has 0 aliphatic carbocycles. The highest BCUT2D eigenvalue weighted by Gasteiger charge is 2.18. The van der Waals surface area contributed by atoms with Crippen molar-refractivity contribution in [2.24, 2.45) is 5.10 Å². The van der Waals surface area contributed by atoms with Crippen LogP contribution < -0.4 is 0 Å². The Hall–Kier alpha value is -1.86. The van der Waals surface area contributed by atoms with E-state index in [0.717, 1.165) is 5.56 Å². The van der Waals surface area contributed by atoms with Gasteiger partial charge in [-0.25, -0.2) is 4.79 Å². The molecule has 0 N–H and O–H groups in total. The molecule has 0 aromatic heterocycles. The predicted octanol–water partition coefficient (Wildman–Crippen LogP) is 1.78. The average Bonchev–Trinajstić information content (AvgIpc) is 2.29. The Morgan fingerprint density at radius 2 is 2.33 bits per heavy atom. The molecule has 1 atom stereocenters. The first-order chi connectivity index (χ1) is 7.33. The van der Waals surface area contributed by atoms with E-state index in [4.69, 9.17) is 0 Å². The van der Waals surface area contributed by atoms with Crippen LogP contribution in [0.3, 0.4) is 0 Å². The minimum Gasteiger partial charge on any atom is -0.285 e. The summed E-state index contributed by atoms with van der Waals surface area (Å²) in [6.07, 6.45) is 3.27. The standard InChI is InChI=1S/C12H12N2O/c1-10-12-6-3-2-5-11(12)9-13-14(10)7-4-8-15/h2-6,9-10H,7H2,1H3/t10-/m0/s1. The van der Waals surface area contributed by atoms with E-state index >= 15 is 0 Å². The summed E-state index contributed by atoms with van der Waals surface area (Å²) >= 11 is 0. The van der Waals surface area contributed by atoms with Gasteiger partial charge in [-0.1, -0.05) is 24.3 Å². The van der Waals surface area contributed by atoms with Gasteiger partial charge in [-0.2, -0.15) is 5.10 Å². The lowest BCUT2D eigenvalue weighted by molar-refractivity contribution is 0.243. The molecule has 0 unspecified atom stereocenters. The van der Waals surface area contributed by atoms with Crippen molar-refractivity contribution >= 4 is 12.2 Å². The van der Waals surface area contributed by atoms with Gasteiger partial charge >= 0.3 is 0 Å². The quantitative estimate of drug-likeness (QED) is 0.682. The van der Waals surface area contributed by atoms with Crippen molar-refractivity contribution in [1.82, 2.24) is 5.01 Å². The van der Waals surface area contributed by atoms with Crippen molar-refractivity contribution < 1.29 is 4.79 Å². The Balaban J connectivity index is 2.28. The van der Waals surface area contributed by atoms with Crippen LogP contribution in [0.15, 0.2) is 35.4 Å².